The van der Waals surface area contributed by atoms with Crippen molar-refractivity contribution in [3.05, 3.63) is 54.2 Å². The van der Waals surface area contributed by atoms with Gasteiger partial charge in [0.15, 0.2) is 0 Å². The lowest BCUT2D eigenvalue weighted by Crippen LogP contribution is -2.25. The Morgan fingerprint density at radius 2 is 1.91 bits per heavy atom. The number of carbonyl (C=O) groups is 1. The maximum absolute atomic E-state index is 12.1. The Kier molecular flexibility index (Phi) is 3.81. The molecule has 1 fully saturated rings. The van der Waals surface area contributed by atoms with Gasteiger partial charge in [0.1, 0.15) is 5.82 Å². The van der Waals surface area contributed by atoms with Crippen molar-refractivity contribution in [2.75, 3.05) is 21.9 Å². The number of amides is 1. The monoisotopic (exact) mass is 317 g/mol. The molecule has 114 valence electrons. The molecule has 1 saturated heterocycles. The fraction of sp³-hybridized carbons (Fsp3) is 0.200. The van der Waals surface area contributed by atoms with Crippen LogP contribution in [0.15, 0.2) is 48.7 Å². The van der Waals surface area contributed by atoms with E-state index in [0.29, 0.717) is 30.0 Å². The van der Waals surface area contributed by atoms with Gasteiger partial charge in [0.2, 0.25) is 10.0 Å². The first kappa shape index (κ1) is 14.5. The van der Waals surface area contributed by atoms with Crippen molar-refractivity contribution in [2.45, 2.75) is 6.42 Å². The molecule has 3 rings (SSSR count). The van der Waals surface area contributed by atoms with Gasteiger partial charge in [-0.1, -0.05) is 6.07 Å². The van der Waals surface area contributed by atoms with Crippen molar-refractivity contribution < 1.29 is 13.2 Å². The summed E-state index contributed by atoms with van der Waals surface area (Å²) in [4.78, 5) is 16.1. The number of nitrogens with one attached hydrogen (secondary N) is 1. The van der Waals surface area contributed by atoms with Crippen LogP contribution in [-0.4, -0.2) is 31.6 Å². The van der Waals surface area contributed by atoms with Crippen LogP contribution in [0.4, 0.5) is 11.5 Å². The van der Waals surface area contributed by atoms with Crippen LogP contribution < -0.4 is 9.62 Å². The van der Waals surface area contributed by atoms with Crippen molar-refractivity contribution in [2.24, 2.45) is 0 Å². The molecule has 1 N–H and O–H groups in total. The number of aromatic nitrogens is 1. The minimum Gasteiger partial charge on any atom is -0.307 e. The highest BCUT2D eigenvalue weighted by molar-refractivity contribution is 7.93. The second-order valence-corrected chi connectivity index (χ2v) is 6.97. The van der Waals surface area contributed by atoms with Crippen LogP contribution in [0.2, 0.25) is 0 Å². The number of rotatable bonds is 3. The van der Waals surface area contributed by atoms with Crippen molar-refractivity contribution in [1.29, 1.82) is 0 Å². The van der Waals surface area contributed by atoms with Crippen molar-refractivity contribution in [3.8, 4) is 0 Å². The molecule has 1 aromatic heterocycles. The van der Waals surface area contributed by atoms with E-state index in [1.165, 1.54) is 4.31 Å². The summed E-state index contributed by atoms with van der Waals surface area (Å²) in [5, 5.41) is 2.68. The summed E-state index contributed by atoms with van der Waals surface area (Å²) in [5.74, 6) is 0.364. The summed E-state index contributed by atoms with van der Waals surface area (Å²) in [6.45, 7) is 0.488. The van der Waals surface area contributed by atoms with Gasteiger partial charge in [0.25, 0.3) is 5.91 Å². The first-order valence-electron chi connectivity index (χ1n) is 6.89. The van der Waals surface area contributed by atoms with Gasteiger partial charge in [-0.3, -0.25) is 9.10 Å². The van der Waals surface area contributed by atoms with E-state index in [4.69, 9.17) is 0 Å². The predicted molar refractivity (Wildman–Crippen MR) is 84.4 cm³/mol. The molecule has 1 aromatic carbocycles. The van der Waals surface area contributed by atoms with Crippen LogP contribution in [0.25, 0.3) is 0 Å². The maximum atomic E-state index is 12.1. The van der Waals surface area contributed by atoms with E-state index in [1.54, 1.807) is 48.7 Å². The lowest BCUT2D eigenvalue weighted by Gasteiger charge is -2.16. The second kappa shape index (κ2) is 5.76. The van der Waals surface area contributed by atoms with Gasteiger partial charge in [-0.15, -0.1) is 0 Å². The Hall–Kier alpha value is -2.41. The average Bonchev–Trinajstić information content (AvgIpc) is 2.88. The summed E-state index contributed by atoms with van der Waals surface area (Å²) in [7, 11) is -3.20. The molecule has 0 bridgehead atoms. The van der Waals surface area contributed by atoms with E-state index < -0.39 is 10.0 Å². The van der Waals surface area contributed by atoms with E-state index >= 15 is 0 Å². The lowest BCUT2D eigenvalue weighted by atomic mass is 10.2. The van der Waals surface area contributed by atoms with E-state index in [9.17, 15) is 13.2 Å². The molecule has 0 saturated carbocycles. The highest BCUT2D eigenvalue weighted by Crippen LogP contribution is 2.24. The highest BCUT2D eigenvalue weighted by Gasteiger charge is 2.28. The second-order valence-electron chi connectivity index (χ2n) is 4.96. The molecule has 22 heavy (non-hydrogen) atoms. The third-order valence-electron chi connectivity index (χ3n) is 3.42. The first-order chi connectivity index (χ1) is 10.6. The smallest absolute Gasteiger partial charge is 0.256 e. The zero-order chi connectivity index (χ0) is 15.6. The number of benzene rings is 1. The van der Waals surface area contributed by atoms with Crippen LogP contribution in [0.3, 0.4) is 0 Å². The largest absolute Gasteiger partial charge is 0.307 e. The van der Waals surface area contributed by atoms with Crippen molar-refractivity contribution in [3.63, 3.8) is 0 Å². The van der Waals surface area contributed by atoms with Crippen molar-refractivity contribution >= 4 is 27.4 Å². The predicted octanol–water partition coefficient (Wildman–Crippen LogP) is 1.87. The van der Waals surface area contributed by atoms with Crippen LogP contribution in [-0.2, 0) is 10.0 Å². The number of carbonyl (C=O) groups excluding carboxylic acids is 1. The minimum absolute atomic E-state index is 0.176. The Labute approximate surface area is 128 Å². The number of sulfonamides is 1. The number of hydrogen-bond donors (Lipinski definition) is 1. The average molecular weight is 317 g/mol. The normalized spacial score (nSPS) is 16.5. The van der Waals surface area contributed by atoms with Gasteiger partial charge in [-0.05, 0) is 42.8 Å². The summed E-state index contributed by atoms with van der Waals surface area (Å²) in [6, 6.07) is 11.8. The zero-order valence-electron chi connectivity index (χ0n) is 11.8. The molecule has 7 heteroatoms. The fourth-order valence-corrected chi connectivity index (χ4v) is 3.90. The number of pyridine rings is 1. The number of anilines is 2. The third kappa shape index (κ3) is 2.94. The van der Waals surface area contributed by atoms with Crippen LogP contribution >= 0.6 is 0 Å². The summed E-state index contributed by atoms with van der Waals surface area (Å²) >= 11 is 0. The van der Waals surface area contributed by atoms with E-state index in [2.05, 4.69) is 10.3 Å². The molecule has 1 aliphatic rings. The molecule has 1 amide bonds. The molecular weight excluding hydrogens is 302 g/mol. The van der Waals surface area contributed by atoms with E-state index in [1.807, 2.05) is 0 Å². The summed E-state index contributed by atoms with van der Waals surface area (Å²) in [6.07, 6.45) is 2.22. The maximum Gasteiger partial charge on any atom is 0.256 e. The molecule has 1 aliphatic heterocycles. The van der Waals surface area contributed by atoms with Gasteiger partial charge in [0, 0.05) is 18.3 Å². The molecule has 2 aromatic rings. The summed E-state index contributed by atoms with van der Waals surface area (Å²) in [5.41, 5.74) is 1.04. The summed E-state index contributed by atoms with van der Waals surface area (Å²) < 4.78 is 25.1. The van der Waals surface area contributed by atoms with Gasteiger partial charge < -0.3 is 5.32 Å². The molecule has 6 nitrogen and oxygen atoms in total. The molecular formula is C15H15N3O3S. The quantitative estimate of drug-likeness (QED) is 0.937. The SMILES string of the molecule is O=C(Nc1ccccn1)c1ccc(N2CCCS2(=O)=O)cc1. The zero-order valence-corrected chi connectivity index (χ0v) is 12.6. The van der Waals surface area contributed by atoms with Gasteiger partial charge >= 0.3 is 0 Å². The standard InChI is InChI=1S/C15H15N3O3S/c19-15(17-14-4-1-2-9-16-14)12-5-7-13(8-6-12)18-10-3-11-22(18,20)21/h1-2,4-9H,3,10-11H2,(H,16,17,19). The third-order valence-corrected chi connectivity index (χ3v) is 5.29. The van der Waals surface area contributed by atoms with Gasteiger partial charge in [0.05, 0.1) is 11.4 Å². The number of nitrogens with zero attached hydrogens (tertiary/aromatic N) is 2. The Morgan fingerprint density at radius 3 is 2.50 bits per heavy atom. The molecule has 0 spiro atoms. The number of hydrogen-bond acceptors (Lipinski definition) is 4. The molecule has 2 heterocycles. The molecule has 0 atom stereocenters. The van der Waals surface area contributed by atoms with Crippen LogP contribution in [0.1, 0.15) is 16.8 Å². The van der Waals surface area contributed by atoms with Gasteiger partial charge in [-0.25, -0.2) is 13.4 Å². The van der Waals surface area contributed by atoms with Crippen LogP contribution in [0, 0.1) is 0 Å². The van der Waals surface area contributed by atoms with E-state index in [0.717, 1.165) is 0 Å². The Balaban J connectivity index is 1.75. The van der Waals surface area contributed by atoms with Crippen molar-refractivity contribution in [1.82, 2.24) is 4.98 Å². The lowest BCUT2D eigenvalue weighted by molar-refractivity contribution is 0.102. The van der Waals surface area contributed by atoms with Gasteiger partial charge in [-0.2, -0.15) is 0 Å². The molecule has 0 unspecified atom stereocenters. The van der Waals surface area contributed by atoms with Crippen LogP contribution in [0.5, 0.6) is 0 Å². The molecule has 0 aliphatic carbocycles. The fourth-order valence-electron chi connectivity index (χ4n) is 2.33. The minimum atomic E-state index is -3.20. The first-order valence-corrected chi connectivity index (χ1v) is 8.50. The Morgan fingerprint density at radius 1 is 1.14 bits per heavy atom. The van der Waals surface area contributed by atoms with E-state index in [-0.39, 0.29) is 11.7 Å². The Bertz CT molecular complexity index is 773. The topological polar surface area (TPSA) is 79.4 Å². The highest BCUT2D eigenvalue weighted by atomic mass is 32.2. The molecule has 0 radical (unpaired) electrons.